The molecule has 0 aliphatic heterocycles. The van der Waals surface area contributed by atoms with Crippen molar-refractivity contribution in [2.45, 2.75) is 6.92 Å². The Morgan fingerprint density at radius 2 is 1.76 bits per heavy atom. The number of hydrogen-bond acceptors (Lipinski definition) is 5. The van der Waals surface area contributed by atoms with Crippen LogP contribution in [0.3, 0.4) is 0 Å². The number of rotatable bonds is 5. The number of ketones is 1. The van der Waals surface area contributed by atoms with E-state index in [1.807, 2.05) is 25.9 Å². The molecule has 0 aliphatic carbocycles. The minimum Gasteiger partial charge on any atom is -0.424 e. The van der Waals surface area contributed by atoms with E-state index in [9.17, 15) is 4.79 Å². The van der Waals surface area contributed by atoms with Gasteiger partial charge in [0.05, 0.1) is 0 Å². The normalized spacial score (nSPS) is 11.1. The topological polar surface area (TPSA) is 55.3 Å². The summed E-state index contributed by atoms with van der Waals surface area (Å²) in [6.07, 6.45) is 4.82. The molecule has 21 heavy (non-hydrogen) atoms. The lowest BCUT2D eigenvalue weighted by Crippen LogP contribution is -2.10. The molecule has 1 heterocycles. The Balaban J connectivity index is 2.09. The van der Waals surface area contributed by atoms with Gasteiger partial charge in [-0.25, -0.2) is 9.97 Å². The molecule has 0 saturated carbocycles. The second-order valence-corrected chi connectivity index (χ2v) is 4.70. The van der Waals surface area contributed by atoms with Crippen molar-refractivity contribution in [2.75, 3.05) is 14.1 Å². The van der Waals surface area contributed by atoms with Crippen molar-refractivity contribution in [3.05, 3.63) is 60.1 Å². The summed E-state index contributed by atoms with van der Waals surface area (Å²) in [4.78, 5) is 21.9. The lowest BCUT2D eigenvalue weighted by Gasteiger charge is -2.11. The zero-order valence-corrected chi connectivity index (χ0v) is 12.3. The second-order valence-electron chi connectivity index (χ2n) is 4.70. The fourth-order valence-corrected chi connectivity index (χ4v) is 1.53. The Labute approximate surface area is 123 Å². The Morgan fingerprint density at radius 1 is 1.14 bits per heavy atom. The van der Waals surface area contributed by atoms with Crippen molar-refractivity contribution in [1.29, 1.82) is 0 Å². The minimum absolute atomic E-state index is 0.0382. The van der Waals surface area contributed by atoms with Crippen LogP contribution in [0, 0.1) is 0 Å². The molecule has 0 aliphatic rings. The number of allylic oxidation sites excluding steroid dienone is 2. The molecule has 1 aromatic heterocycles. The number of carbonyl (C=O) groups excluding carboxylic acids is 1. The molecule has 0 bridgehead atoms. The van der Waals surface area contributed by atoms with Gasteiger partial charge in [0, 0.05) is 43.8 Å². The zero-order chi connectivity index (χ0) is 15.2. The summed E-state index contributed by atoms with van der Waals surface area (Å²) in [7, 11) is 3.80. The van der Waals surface area contributed by atoms with Gasteiger partial charge in [-0.1, -0.05) is 0 Å². The molecule has 0 unspecified atom stereocenters. The Hall–Kier alpha value is -2.69. The number of aromatic nitrogens is 2. The maximum Gasteiger partial charge on any atom is 0.321 e. The molecule has 2 aromatic rings. The smallest absolute Gasteiger partial charge is 0.321 e. The monoisotopic (exact) mass is 283 g/mol. The van der Waals surface area contributed by atoms with E-state index in [-0.39, 0.29) is 11.8 Å². The van der Waals surface area contributed by atoms with Gasteiger partial charge in [0.25, 0.3) is 0 Å². The van der Waals surface area contributed by atoms with Crippen LogP contribution in [0.5, 0.6) is 11.8 Å². The van der Waals surface area contributed by atoms with E-state index in [1.165, 1.54) is 0 Å². The molecule has 0 N–H and O–H groups in total. The Bertz CT molecular complexity index is 634. The van der Waals surface area contributed by atoms with Crippen LogP contribution in [0.15, 0.2) is 54.5 Å². The van der Waals surface area contributed by atoms with E-state index in [4.69, 9.17) is 4.74 Å². The molecule has 0 saturated heterocycles. The van der Waals surface area contributed by atoms with Crippen LogP contribution in [0.2, 0.25) is 0 Å². The number of benzene rings is 1. The van der Waals surface area contributed by atoms with E-state index in [0.29, 0.717) is 11.3 Å². The molecule has 5 nitrogen and oxygen atoms in total. The van der Waals surface area contributed by atoms with Gasteiger partial charge in [-0.15, -0.1) is 0 Å². The van der Waals surface area contributed by atoms with Crippen LogP contribution >= 0.6 is 0 Å². The van der Waals surface area contributed by atoms with Gasteiger partial charge < -0.3 is 9.64 Å². The van der Waals surface area contributed by atoms with Gasteiger partial charge in [0.15, 0.2) is 5.78 Å². The third-order valence-corrected chi connectivity index (χ3v) is 2.94. The van der Waals surface area contributed by atoms with Crippen molar-refractivity contribution in [3.63, 3.8) is 0 Å². The summed E-state index contributed by atoms with van der Waals surface area (Å²) >= 11 is 0. The van der Waals surface area contributed by atoms with E-state index in [2.05, 4.69) is 9.97 Å². The van der Waals surface area contributed by atoms with Crippen molar-refractivity contribution >= 4 is 5.78 Å². The standard InChI is InChI=1S/C16H17N3O2/c1-12(19(2)3)11-15(20)13-5-7-14(8-6-13)21-16-17-9-4-10-18-16/h4-11H,1-3H3. The van der Waals surface area contributed by atoms with Crippen LogP contribution < -0.4 is 4.74 Å². The molecular formula is C16H17N3O2. The molecule has 108 valence electrons. The lowest BCUT2D eigenvalue weighted by molar-refractivity contribution is 0.104. The van der Waals surface area contributed by atoms with E-state index >= 15 is 0 Å². The molecule has 0 amide bonds. The summed E-state index contributed by atoms with van der Waals surface area (Å²) in [5.41, 5.74) is 1.51. The van der Waals surface area contributed by atoms with Gasteiger partial charge in [-0.05, 0) is 37.3 Å². The zero-order valence-electron chi connectivity index (χ0n) is 12.3. The van der Waals surface area contributed by atoms with E-state index in [1.54, 1.807) is 48.8 Å². The van der Waals surface area contributed by atoms with E-state index < -0.39 is 0 Å². The first kappa shape index (κ1) is 14.7. The van der Waals surface area contributed by atoms with Gasteiger partial charge in [-0.2, -0.15) is 0 Å². The molecule has 0 radical (unpaired) electrons. The molecule has 0 fully saturated rings. The summed E-state index contributed by atoms with van der Waals surface area (Å²) in [5.74, 6) is 0.551. The molecule has 2 rings (SSSR count). The van der Waals surface area contributed by atoms with Crippen LogP contribution in [-0.4, -0.2) is 34.7 Å². The van der Waals surface area contributed by atoms with Crippen LogP contribution in [-0.2, 0) is 0 Å². The first-order chi connectivity index (χ1) is 10.1. The fraction of sp³-hybridized carbons (Fsp3) is 0.188. The highest BCUT2D eigenvalue weighted by atomic mass is 16.5. The van der Waals surface area contributed by atoms with E-state index in [0.717, 1.165) is 5.70 Å². The van der Waals surface area contributed by atoms with Crippen LogP contribution in [0.25, 0.3) is 0 Å². The first-order valence-corrected chi connectivity index (χ1v) is 6.51. The van der Waals surface area contributed by atoms with Crippen molar-refractivity contribution in [3.8, 4) is 11.8 Å². The van der Waals surface area contributed by atoms with Gasteiger partial charge in [-0.3, -0.25) is 4.79 Å². The fourth-order valence-electron chi connectivity index (χ4n) is 1.53. The number of ether oxygens (including phenoxy) is 1. The highest BCUT2D eigenvalue weighted by Crippen LogP contribution is 2.18. The summed E-state index contributed by atoms with van der Waals surface area (Å²) in [5, 5.41) is 0. The minimum atomic E-state index is -0.0382. The summed E-state index contributed by atoms with van der Waals surface area (Å²) in [6.45, 7) is 1.89. The summed E-state index contributed by atoms with van der Waals surface area (Å²) in [6, 6.07) is 8.89. The van der Waals surface area contributed by atoms with Gasteiger partial charge in [0.1, 0.15) is 5.75 Å². The SMILES string of the molecule is CC(=CC(=O)c1ccc(Oc2ncccn2)cc1)N(C)C. The molecule has 5 heteroatoms. The molecule has 1 aromatic carbocycles. The Kier molecular flexibility index (Phi) is 4.66. The number of hydrogen-bond donors (Lipinski definition) is 0. The average Bonchev–Trinajstić information content (AvgIpc) is 2.48. The lowest BCUT2D eigenvalue weighted by atomic mass is 10.1. The summed E-state index contributed by atoms with van der Waals surface area (Å²) < 4.78 is 5.48. The van der Waals surface area contributed by atoms with Crippen molar-refractivity contribution in [2.24, 2.45) is 0 Å². The predicted octanol–water partition coefficient (Wildman–Crippen LogP) is 2.92. The quantitative estimate of drug-likeness (QED) is 0.624. The third kappa shape index (κ3) is 4.14. The van der Waals surface area contributed by atoms with Gasteiger partial charge >= 0.3 is 6.01 Å². The average molecular weight is 283 g/mol. The van der Waals surface area contributed by atoms with Crippen molar-refractivity contribution < 1.29 is 9.53 Å². The maximum absolute atomic E-state index is 12.1. The number of carbonyl (C=O) groups is 1. The van der Waals surface area contributed by atoms with Crippen LogP contribution in [0.1, 0.15) is 17.3 Å². The highest BCUT2D eigenvalue weighted by molar-refractivity contribution is 6.04. The van der Waals surface area contributed by atoms with Crippen molar-refractivity contribution in [1.82, 2.24) is 14.9 Å². The third-order valence-electron chi connectivity index (χ3n) is 2.94. The van der Waals surface area contributed by atoms with Gasteiger partial charge in [0.2, 0.25) is 0 Å². The highest BCUT2D eigenvalue weighted by Gasteiger charge is 2.05. The predicted molar refractivity (Wildman–Crippen MR) is 80.3 cm³/mol. The largest absolute Gasteiger partial charge is 0.424 e. The second kappa shape index (κ2) is 6.65. The Morgan fingerprint density at radius 3 is 2.33 bits per heavy atom. The molecule has 0 atom stereocenters. The molecular weight excluding hydrogens is 266 g/mol. The molecule has 0 spiro atoms. The first-order valence-electron chi connectivity index (χ1n) is 6.51. The van der Waals surface area contributed by atoms with Crippen LogP contribution in [0.4, 0.5) is 0 Å². The number of nitrogens with zero attached hydrogens (tertiary/aromatic N) is 3. The maximum atomic E-state index is 12.1.